The Morgan fingerprint density at radius 2 is 2.00 bits per heavy atom. The van der Waals surface area contributed by atoms with E-state index in [1.54, 1.807) is 0 Å². The molecule has 0 aromatic carbocycles. The third-order valence-electron chi connectivity index (χ3n) is 2.30. The lowest BCUT2D eigenvalue weighted by Gasteiger charge is -2.31. The van der Waals surface area contributed by atoms with E-state index in [1.807, 2.05) is 0 Å². The van der Waals surface area contributed by atoms with Gasteiger partial charge >= 0.3 is 0 Å². The van der Waals surface area contributed by atoms with Gasteiger partial charge in [-0.2, -0.15) is 0 Å². The molecule has 2 nitrogen and oxygen atoms in total. The van der Waals surface area contributed by atoms with Crippen molar-refractivity contribution in [3.8, 4) is 0 Å². The van der Waals surface area contributed by atoms with Crippen molar-refractivity contribution >= 4 is 12.4 Å². The molecule has 3 heteroatoms. The molecule has 10 heavy (non-hydrogen) atoms. The van der Waals surface area contributed by atoms with Gasteiger partial charge in [0.05, 0.1) is 6.10 Å². The summed E-state index contributed by atoms with van der Waals surface area (Å²) in [4.78, 5) is 0. The fourth-order valence-electron chi connectivity index (χ4n) is 1.24. The average molecular weight is 166 g/mol. The zero-order valence-corrected chi connectivity index (χ0v) is 7.32. The molecule has 1 aliphatic rings. The molecule has 1 heterocycles. The molecule has 2 N–H and O–H groups in total. The van der Waals surface area contributed by atoms with E-state index in [9.17, 15) is 5.11 Å². The Balaban J connectivity index is 0.000000810. The SMILES string of the molecule is CC1NCC[C@H](O)[C@@H]1C.Cl. The van der Waals surface area contributed by atoms with Crippen LogP contribution in [-0.2, 0) is 0 Å². The Hall–Kier alpha value is 0.210. The molecule has 0 aromatic rings. The Kier molecular flexibility index (Phi) is 4.25. The molecule has 1 fully saturated rings. The maximum absolute atomic E-state index is 9.31. The molecule has 0 aliphatic carbocycles. The van der Waals surface area contributed by atoms with Crippen LogP contribution < -0.4 is 5.32 Å². The summed E-state index contributed by atoms with van der Waals surface area (Å²) in [5.74, 6) is 0.416. The quantitative estimate of drug-likeness (QED) is 0.556. The van der Waals surface area contributed by atoms with E-state index in [0.717, 1.165) is 13.0 Å². The highest BCUT2D eigenvalue weighted by Crippen LogP contribution is 2.15. The van der Waals surface area contributed by atoms with Gasteiger partial charge in [0.15, 0.2) is 0 Å². The minimum atomic E-state index is -0.0822. The second kappa shape index (κ2) is 4.16. The molecule has 0 spiro atoms. The van der Waals surface area contributed by atoms with Gasteiger partial charge in [-0.05, 0) is 25.8 Å². The number of aliphatic hydroxyl groups excluding tert-OH is 1. The Bertz CT molecular complexity index is 89.6. The van der Waals surface area contributed by atoms with E-state index in [4.69, 9.17) is 0 Å². The summed E-state index contributed by atoms with van der Waals surface area (Å²) in [6, 6.07) is 0.480. The van der Waals surface area contributed by atoms with Crippen LogP contribution in [0.4, 0.5) is 0 Å². The van der Waals surface area contributed by atoms with Crippen LogP contribution in [0.25, 0.3) is 0 Å². The summed E-state index contributed by atoms with van der Waals surface area (Å²) >= 11 is 0. The third-order valence-corrected chi connectivity index (χ3v) is 2.30. The van der Waals surface area contributed by atoms with Crippen LogP contribution in [-0.4, -0.2) is 23.8 Å². The molecule has 62 valence electrons. The maximum Gasteiger partial charge on any atom is 0.0592 e. The fourth-order valence-corrected chi connectivity index (χ4v) is 1.24. The summed E-state index contributed by atoms with van der Waals surface area (Å²) < 4.78 is 0. The number of hydrogen-bond acceptors (Lipinski definition) is 2. The predicted octanol–water partition coefficient (Wildman–Crippen LogP) is 0.787. The smallest absolute Gasteiger partial charge is 0.0592 e. The monoisotopic (exact) mass is 165 g/mol. The highest BCUT2D eigenvalue weighted by atomic mass is 35.5. The lowest BCUT2D eigenvalue weighted by atomic mass is 9.91. The molecular formula is C7H16ClNO. The van der Waals surface area contributed by atoms with E-state index < -0.39 is 0 Å². The van der Waals surface area contributed by atoms with E-state index in [0.29, 0.717) is 12.0 Å². The highest BCUT2D eigenvalue weighted by molar-refractivity contribution is 5.85. The van der Waals surface area contributed by atoms with E-state index in [-0.39, 0.29) is 18.5 Å². The molecular weight excluding hydrogens is 150 g/mol. The van der Waals surface area contributed by atoms with Crippen molar-refractivity contribution in [2.45, 2.75) is 32.4 Å². The minimum Gasteiger partial charge on any atom is -0.393 e. The molecule has 1 unspecified atom stereocenters. The number of aliphatic hydroxyl groups is 1. The van der Waals surface area contributed by atoms with Crippen molar-refractivity contribution in [1.82, 2.24) is 5.32 Å². The minimum absolute atomic E-state index is 0. The molecule has 3 atom stereocenters. The lowest BCUT2D eigenvalue weighted by molar-refractivity contribution is 0.0661. The maximum atomic E-state index is 9.31. The molecule has 0 amide bonds. The summed E-state index contributed by atoms with van der Waals surface area (Å²) in [7, 11) is 0. The molecule has 1 rings (SSSR count). The first-order valence-corrected chi connectivity index (χ1v) is 3.63. The van der Waals surface area contributed by atoms with Gasteiger partial charge in [0.1, 0.15) is 0 Å². The molecule has 0 aromatic heterocycles. The van der Waals surface area contributed by atoms with E-state index in [1.165, 1.54) is 0 Å². The highest BCUT2D eigenvalue weighted by Gasteiger charge is 2.23. The number of halogens is 1. The van der Waals surface area contributed by atoms with Gasteiger partial charge in [-0.25, -0.2) is 0 Å². The van der Waals surface area contributed by atoms with Gasteiger partial charge in [0.25, 0.3) is 0 Å². The van der Waals surface area contributed by atoms with Gasteiger partial charge in [-0.3, -0.25) is 0 Å². The summed E-state index contributed by atoms with van der Waals surface area (Å²) in [6.07, 6.45) is 0.826. The fraction of sp³-hybridized carbons (Fsp3) is 1.00. The van der Waals surface area contributed by atoms with Crippen LogP contribution in [0.2, 0.25) is 0 Å². The summed E-state index contributed by atoms with van der Waals surface area (Å²) in [5, 5.41) is 12.6. The van der Waals surface area contributed by atoms with Crippen molar-refractivity contribution in [3.05, 3.63) is 0 Å². The van der Waals surface area contributed by atoms with Crippen LogP contribution in [0.15, 0.2) is 0 Å². The van der Waals surface area contributed by atoms with Crippen LogP contribution in [0.5, 0.6) is 0 Å². The van der Waals surface area contributed by atoms with Gasteiger partial charge in [0.2, 0.25) is 0 Å². The van der Waals surface area contributed by atoms with Crippen molar-refractivity contribution in [2.24, 2.45) is 5.92 Å². The Morgan fingerprint density at radius 1 is 1.40 bits per heavy atom. The molecule has 1 aliphatic heterocycles. The van der Waals surface area contributed by atoms with Crippen molar-refractivity contribution in [1.29, 1.82) is 0 Å². The summed E-state index contributed by atoms with van der Waals surface area (Å²) in [6.45, 7) is 5.17. The molecule has 0 saturated carbocycles. The van der Waals surface area contributed by atoms with Crippen LogP contribution in [0, 0.1) is 5.92 Å². The van der Waals surface area contributed by atoms with Crippen LogP contribution in [0.1, 0.15) is 20.3 Å². The number of piperidine rings is 1. The van der Waals surface area contributed by atoms with E-state index >= 15 is 0 Å². The van der Waals surface area contributed by atoms with Crippen LogP contribution >= 0.6 is 12.4 Å². The molecule has 1 saturated heterocycles. The second-order valence-electron chi connectivity index (χ2n) is 2.96. The first kappa shape index (κ1) is 10.2. The lowest BCUT2D eigenvalue weighted by Crippen LogP contribution is -2.45. The standard InChI is InChI=1S/C7H15NO.ClH/c1-5-6(2)8-4-3-7(5)9;/h5-9H,3-4H2,1-2H3;1H/t5-,6?,7+;/m1./s1. The van der Waals surface area contributed by atoms with Crippen molar-refractivity contribution in [2.75, 3.05) is 6.54 Å². The zero-order valence-electron chi connectivity index (χ0n) is 6.50. The number of hydrogen-bond donors (Lipinski definition) is 2. The normalized spacial score (nSPS) is 40.5. The average Bonchev–Trinajstić information content (AvgIpc) is 1.83. The third kappa shape index (κ3) is 2.11. The van der Waals surface area contributed by atoms with Gasteiger partial charge in [-0.15, -0.1) is 12.4 Å². The Morgan fingerprint density at radius 3 is 2.40 bits per heavy atom. The van der Waals surface area contributed by atoms with Crippen LogP contribution in [0.3, 0.4) is 0 Å². The van der Waals surface area contributed by atoms with E-state index in [2.05, 4.69) is 19.2 Å². The summed E-state index contributed by atoms with van der Waals surface area (Å²) in [5.41, 5.74) is 0. The number of nitrogens with one attached hydrogen (secondary N) is 1. The van der Waals surface area contributed by atoms with Crippen molar-refractivity contribution in [3.63, 3.8) is 0 Å². The largest absolute Gasteiger partial charge is 0.393 e. The molecule has 0 bridgehead atoms. The topological polar surface area (TPSA) is 32.3 Å². The van der Waals surface area contributed by atoms with Crippen molar-refractivity contribution < 1.29 is 5.11 Å². The Labute approximate surface area is 68.4 Å². The zero-order chi connectivity index (χ0) is 6.85. The first-order chi connectivity index (χ1) is 4.22. The molecule has 0 radical (unpaired) electrons. The first-order valence-electron chi connectivity index (χ1n) is 3.63. The van der Waals surface area contributed by atoms with Gasteiger partial charge in [-0.1, -0.05) is 6.92 Å². The van der Waals surface area contributed by atoms with Gasteiger partial charge < -0.3 is 10.4 Å². The second-order valence-corrected chi connectivity index (χ2v) is 2.96. The number of rotatable bonds is 0. The van der Waals surface area contributed by atoms with Gasteiger partial charge in [0, 0.05) is 6.04 Å². The predicted molar refractivity (Wildman–Crippen MR) is 44.5 cm³/mol.